The number of hydrogen-bond acceptors (Lipinski definition) is 7. The molecular formula is C31H58NO7P. The first-order valence-electron chi connectivity index (χ1n) is 15.4. The summed E-state index contributed by atoms with van der Waals surface area (Å²) in [5.74, 6) is -0.512. The Hall–Kier alpha value is -1.28. The van der Waals surface area contributed by atoms with E-state index >= 15 is 0 Å². The van der Waals surface area contributed by atoms with Gasteiger partial charge in [-0.1, -0.05) is 101 Å². The summed E-state index contributed by atoms with van der Waals surface area (Å²) in [4.78, 5) is 20.8. The largest absolute Gasteiger partial charge is 0.472 e. The van der Waals surface area contributed by atoms with E-state index in [-0.39, 0.29) is 26.4 Å². The van der Waals surface area contributed by atoms with Gasteiger partial charge in [0.15, 0.2) is 0 Å². The van der Waals surface area contributed by atoms with Crippen molar-refractivity contribution >= 4 is 13.8 Å². The van der Waals surface area contributed by atoms with E-state index in [0.717, 1.165) is 32.1 Å². The van der Waals surface area contributed by atoms with Gasteiger partial charge in [0, 0.05) is 20.1 Å². The van der Waals surface area contributed by atoms with E-state index in [9.17, 15) is 14.3 Å². The van der Waals surface area contributed by atoms with E-state index in [2.05, 4.69) is 47.9 Å². The number of esters is 1. The van der Waals surface area contributed by atoms with Crippen LogP contribution in [0.5, 0.6) is 0 Å². The molecular weight excluding hydrogens is 529 g/mol. The monoisotopic (exact) mass is 587 g/mol. The molecule has 40 heavy (non-hydrogen) atoms. The van der Waals surface area contributed by atoms with Crippen LogP contribution in [0.25, 0.3) is 0 Å². The summed E-state index contributed by atoms with van der Waals surface area (Å²) in [5, 5.41) is 0. The Morgan fingerprint density at radius 2 is 1.27 bits per heavy atom. The Bertz CT molecular complexity index is 712. The van der Waals surface area contributed by atoms with Crippen molar-refractivity contribution in [1.82, 2.24) is 0 Å². The van der Waals surface area contributed by atoms with Gasteiger partial charge in [-0.25, -0.2) is 4.57 Å². The predicted octanol–water partition coefficient (Wildman–Crippen LogP) is 7.96. The van der Waals surface area contributed by atoms with Crippen molar-refractivity contribution in [3.05, 3.63) is 36.5 Å². The third kappa shape index (κ3) is 29.7. The molecule has 0 heterocycles. The van der Waals surface area contributed by atoms with E-state index in [4.69, 9.17) is 19.7 Å². The van der Waals surface area contributed by atoms with Crippen LogP contribution in [0.3, 0.4) is 0 Å². The fourth-order valence-corrected chi connectivity index (χ4v) is 4.71. The Morgan fingerprint density at radius 1 is 0.750 bits per heavy atom. The molecule has 9 heteroatoms. The van der Waals surface area contributed by atoms with E-state index in [1.54, 1.807) is 0 Å². The summed E-state index contributed by atoms with van der Waals surface area (Å²) < 4.78 is 31.9. The predicted molar refractivity (Wildman–Crippen MR) is 164 cm³/mol. The van der Waals surface area contributed by atoms with Crippen LogP contribution in [0.4, 0.5) is 0 Å². The van der Waals surface area contributed by atoms with Crippen molar-refractivity contribution < 1.29 is 32.8 Å². The van der Waals surface area contributed by atoms with Crippen molar-refractivity contribution in [2.24, 2.45) is 5.73 Å². The lowest BCUT2D eigenvalue weighted by molar-refractivity contribution is -0.151. The molecule has 0 aromatic rings. The SMILES string of the molecule is CCCCCCC/C=C\C/C=C\C/C=C\CCCCCCCCCOCC(COP(=O)(O)OCCN)OC(C)=O. The smallest absolute Gasteiger partial charge is 0.458 e. The minimum atomic E-state index is -4.23. The van der Waals surface area contributed by atoms with Crippen molar-refractivity contribution in [3.8, 4) is 0 Å². The summed E-state index contributed by atoms with van der Waals surface area (Å²) in [7, 11) is -4.23. The second-order valence-electron chi connectivity index (χ2n) is 10.0. The number of phosphoric acid groups is 1. The van der Waals surface area contributed by atoms with Crippen molar-refractivity contribution in [1.29, 1.82) is 0 Å². The minimum absolute atomic E-state index is 0.0933. The van der Waals surface area contributed by atoms with Crippen LogP contribution in [-0.2, 0) is 27.9 Å². The van der Waals surface area contributed by atoms with Gasteiger partial charge in [0.25, 0.3) is 0 Å². The zero-order valence-corrected chi connectivity index (χ0v) is 26.2. The summed E-state index contributed by atoms with van der Waals surface area (Å²) in [5.41, 5.74) is 5.25. The Labute approximate surface area is 244 Å². The van der Waals surface area contributed by atoms with Crippen molar-refractivity contribution in [2.75, 3.05) is 33.0 Å². The molecule has 2 atom stereocenters. The van der Waals surface area contributed by atoms with Crippen LogP contribution in [0, 0.1) is 0 Å². The third-order valence-electron chi connectivity index (χ3n) is 6.11. The molecule has 234 valence electrons. The van der Waals surface area contributed by atoms with Gasteiger partial charge in [0.2, 0.25) is 0 Å². The van der Waals surface area contributed by atoms with Crippen LogP contribution < -0.4 is 5.73 Å². The highest BCUT2D eigenvalue weighted by molar-refractivity contribution is 7.47. The molecule has 2 unspecified atom stereocenters. The molecule has 0 amide bonds. The summed E-state index contributed by atoms with van der Waals surface area (Å²) in [6.45, 7) is 3.85. The van der Waals surface area contributed by atoms with Gasteiger partial charge >= 0.3 is 13.8 Å². The maximum atomic E-state index is 11.7. The molecule has 0 rings (SSSR count). The van der Waals surface area contributed by atoms with Crippen LogP contribution in [0.15, 0.2) is 36.5 Å². The fourth-order valence-electron chi connectivity index (χ4n) is 3.94. The second-order valence-corrected chi connectivity index (χ2v) is 11.5. The average Bonchev–Trinajstić information content (AvgIpc) is 2.92. The molecule has 0 saturated carbocycles. The highest BCUT2D eigenvalue weighted by Crippen LogP contribution is 2.43. The van der Waals surface area contributed by atoms with E-state index < -0.39 is 19.9 Å². The zero-order chi connectivity index (χ0) is 29.6. The number of nitrogens with two attached hydrogens (primary N) is 1. The van der Waals surface area contributed by atoms with Gasteiger partial charge in [-0.15, -0.1) is 0 Å². The Balaban J connectivity index is 3.61. The summed E-state index contributed by atoms with van der Waals surface area (Å²) in [6.07, 6.45) is 32.2. The number of rotatable bonds is 29. The van der Waals surface area contributed by atoms with Gasteiger partial charge in [-0.05, 0) is 44.9 Å². The number of phosphoric ester groups is 1. The fraction of sp³-hybridized carbons (Fsp3) is 0.774. The number of ether oxygens (including phenoxy) is 2. The first-order valence-corrected chi connectivity index (χ1v) is 16.9. The number of carbonyl (C=O) groups excluding carboxylic acids is 1. The van der Waals surface area contributed by atoms with Crippen molar-refractivity contribution in [2.45, 2.75) is 123 Å². The van der Waals surface area contributed by atoms with Crippen LogP contribution in [0.1, 0.15) is 117 Å². The number of unbranched alkanes of at least 4 members (excludes halogenated alkanes) is 12. The molecule has 0 radical (unpaired) electrons. The minimum Gasteiger partial charge on any atom is -0.458 e. The van der Waals surface area contributed by atoms with E-state index in [1.807, 2.05) is 0 Å². The maximum Gasteiger partial charge on any atom is 0.472 e. The quantitative estimate of drug-likeness (QED) is 0.0392. The molecule has 0 spiro atoms. The lowest BCUT2D eigenvalue weighted by Crippen LogP contribution is -2.27. The van der Waals surface area contributed by atoms with E-state index in [0.29, 0.717) is 6.61 Å². The third-order valence-corrected chi connectivity index (χ3v) is 7.09. The van der Waals surface area contributed by atoms with Gasteiger partial charge in [0.1, 0.15) is 6.10 Å². The summed E-state index contributed by atoms with van der Waals surface area (Å²) in [6, 6.07) is 0. The second kappa shape index (κ2) is 29.2. The lowest BCUT2D eigenvalue weighted by atomic mass is 10.1. The molecule has 0 aromatic heterocycles. The Morgan fingerprint density at radius 3 is 1.82 bits per heavy atom. The van der Waals surface area contributed by atoms with Crippen molar-refractivity contribution in [3.63, 3.8) is 0 Å². The first kappa shape index (κ1) is 38.7. The maximum absolute atomic E-state index is 11.7. The van der Waals surface area contributed by atoms with Crippen LogP contribution in [-0.4, -0.2) is 49.9 Å². The number of carbonyl (C=O) groups is 1. The molecule has 0 saturated heterocycles. The van der Waals surface area contributed by atoms with Gasteiger partial charge < -0.3 is 20.1 Å². The Kier molecular flexibility index (Phi) is 28.3. The average molecular weight is 588 g/mol. The molecule has 0 aromatic carbocycles. The molecule has 0 fully saturated rings. The lowest BCUT2D eigenvalue weighted by Gasteiger charge is -2.19. The molecule has 0 aliphatic rings. The van der Waals surface area contributed by atoms with Gasteiger partial charge in [-0.3, -0.25) is 13.8 Å². The van der Waals surface area contributed by atoms with Gasteiger partial charge in [0.05, 0.1) is 19.8 Å². The zero-order valence-electron chi connectivity index (χ0n) is 25.3. The number of hydrogen-bond donors (Lipinski definition) is 2. The molecule has 3 N–H and O–H groups in total. The highest BCUT2D eigenvalue weighted by atomic mass is 31.2. The molecule has 0 aliphatic heterocycles. The molecule has 0 aliphatic carbocycles. The first-order chi connectivity index (χ1) is 19.4. The highest BCUT2D eigenvalue weighted by Gasteiger charge is 2.24. The van der Waals surface area contributed by atoms with Crippen LogP contribution in [0.2, 0.25) is 0 Å². The molecule has 0 bridgehead atoms. The normalized spacial score (nSPS) is 14.4. The summed E-state index contributed by atoms with van der Waals surface area (Å²) >= 11 is 0. The standard InChI is InChI=1S/C31H58NO7P/c1-3-4-5-6-7-8-9-10-11-12-13-14-15-16-17-18-19-20-21-22-23-24-26-36-28-31(39-30(2)33)29-38-40(34,35)37-27-25-32/h9-10,12-13,15-16,31H,3-8,11,14,17-29,32H2,1-2H3,(H,34,35)/b10-9-,13-12-,16-15-. The topological polar surface area (TPSA) is 117 Å². The number of allylic oxidation sites excluding steroid dienone is 6. The molecule has 8 nitrogen and oxygen atoms in total. The van der Waals surface area contributed by atoms with Crippen LogP contribution >= 0.6 is 7.82 Å². The van der Waals surface area contributed by atoms with Gasteiger partial charge in [-0.2, -0.15) is 0 Å². The van der Waals surface area contributed by atoms with E-state index in [1.165, 1.54) is 77.6 Å².